The van der Waals surface area contributed by atoms with Gasteiger partial charge in [-0.1, -0.05) is 30.3 Å². The molecular weight excluding hydrogens is 484 g/mol. The first kappa shape index (κ1) is 25.9. The van der Waals surface area contributed by atoms with Crippen molar-refractivity contribution in [1.29, 1.82) is 5.26 Å². The van der Waals surface area contributed by atoms with E-state index in [1.54, 1.807) is 4.90 Å². The normalized spacial score (nSPS) is 21.6. The lowest BCUT2D eigenvalue weighted by molar-refractivity contribution is -0.118. The van der Waals surface area contributed by atoms with Gasteiger partial charge in [-0.25, -0.2) is 4.79 Å². The van der Waals surface area contributed by atoms with Gasteiger partial charge in [-0.15, -0.1) is 0 Å². The minimum absolute atomic E-state index is 0.164. The second kappa shape index (κ2) is 11.8. The Bertz CT molecular complexity index is 1200. The molecule has 3 heterocycles. The number of amides is 1. The van der Waals surface area contributed by atoms with E-state index in [9.17, 15) is 14.9 Å². The summed E-state index contributed by atoms with van der Waals surface area (Å²) in [6.45, 7) is 3.11. The van der Waals surface area contributed by atoms with Crippen molar-refractivity contribution in [2.24, 2.45) is 0 Å². The van der Waals surface area contributed by atoms with E-state index in [-0.39, 0.29) is 37.3 Å². The van der Waals surface area contributed by atoms with Gasteiger partial charge in [0.1, 0.15) is 24.8 Å². The van der Waals surface area contributed by atoms with Crippen LogP contribution >= 0.6 is 0 Å². The third-order valence-electron chi connectivity index (χ3n) is 7.69. The molecule has 0 spiro atoms. The Morgan fingerprint density at radius 2 is 1.97 bits per heavy atom. The number of likely N-dealkylation sites (N-methyl/N-ethyl adjacent to an activating group) is 1. The van der Waals surface area contributed by atoms with Crippen molar-refractivity contribution in [1.82, 2.24) is 19.8 Å². The van der Waals surface area contributed by atoms with Crippen molar-refractivity contribution in [3.8, 4) is 12.1 Å². The number of rotatable bonds is 7. The zero-order valence-electron chi connectivity index (χ0n) is 21.8. The van der Waals surface area contributed by atoms with E-state index in [1.807, 2.05) is 30.3 Å². The Hall–Kier alpha value is -3.71. The number of nitriles is 1. The highest BCUT2D eigenvalue weighted by Crippen LogP contribution is 2.31. The van der Waals surface area contributed by atoms with Gasteiger partial charge in [0.15, 0.2) is 0 Å². The van der Waals surface area contributed by atoms with Gasteiger partial charge >= 0.3 is 12.1 Å². The number of anilines is 1. The molecule has 0 N–H and O–H groups in total. The fourth-order valence-corrected chi connectivity index (χ4v) is 5.49. The highest BCUT2D eigenvalue weighted by atomic mass is 16.6. The second-order valence-electron chi connectivity index (χ2n) is 10.3. The van der Waals surface area contributed by atoms with Crippen LogP contribution in [-0.2, 0) is 29.0 Å². The Balaban J connectivity index is 1.32. The Kier molecular flexibility index (Phi) is 8.03. The lowest BCUT2D eigenvalue weighted by atomic mass is 9.94. The maximum Gasteiger partial charge on any atom is 0.410 e. The third kappa shape index (κ3) is 5.89. The van der Waals surface area contributed by atoms with Crippen LogP contribution in [0.4, 0.5) is 10.6 Å². The number of nitrogens with zero attached hydrogens (tertiary/aromatic N) is 6. The van der Waals surface area contributed by atoms with Gasteiger partial charge in [-0.05, 0) is 38.4 Å². The highest BCUT2D eigenvalue weighted by Gasteiger charge is 2.34. The van der Waals surface area contributed by atoms with Gasteiger partial charge in [0.2, 0.25) is 0 Å². The van der Waals surface area contributed by atoms with Crippen LogP contribution in [-0.4, -0.2) is 83.6 Å². The smallest absolute Gasteiger partial charge is 0.410 e. The molecule has 2 fully saturated rings. The van der Waals surface area contributed by atoms with Crippen LogP contribution < -0.4 is 9.64 Å². The van der Waals surface area contributed by atoms with Gasteiger partial charge in [-0.2, -0.15) is 15.2 Å². The quantitative estimate of drug-likeness (QED) is 0.546. The Labute approximate surface area is 223 Å². The molecule has 10 nitrogen and oxygen atoms in total. The molecule has 0 saturated carbocycles. The maximum atomic E-state index is 12.9. The number of hydrogen-bond donors (Lipinski definition) is 0. The molecule has 2 atom stereocenters. The van der Waals surface area contributed by atoms with Crippen molar-refractivity contribution >= 4 is 17.7 Å². The van der Waals surface area contributed by atoms with Gasteiger partial charge < -0.3 is 24.2 Å². The molecule has 0 radical (unpaired) electrons. The average molecular weight is 519 g/mol. The Morgan fingerprint density at radius 1 is 1.13 bits per heavy atom. The lowest BCUT2D eigenvalue weighted by Gasteiger charge is -2.41. The predicted molar refractivity (Wildman–Crippen MR) is 140 cm³/mol. The monoisotopic (exact) mass is 518 g/mol. The summed E-state index contributed by atoms with van der Waals surface area (Å²) in [5.41, 5.74) is 2.60. The van der Waals surface area contributed by atoms with Crippen LogP contribution in [0.15, 0.2) is 30.3 Å². The first-order valence-corrected chi connectivity index (χ1v) is 13.4. The molecule has 1 amide bonds. The van der Waals surface area contributed by atoms with Crippen LogP contribution in [0.2, 0.25) is 0 Å². The summed E-state index contributed by atoms with van der Waals surface area (Å²) in [7, 11) is 2.10. The summed E-state index contributed by atoms with van der Waals surface area (Å²) >= 11 is 0. The molecule has 2 aliphatic heterocycles. The van der Waals surface area contributed by atoms with E-state index in [1.165, 1.54) is 0 Å². The van der Waals surface area contributed by atoms with E-state index >= 15 is 0 Å². The second-order valence-corrected chi connectivity index (χ2v) is 10.3. The summed E-state index contributed by atoms with van der Waals surface area (Å²) in [4.78, 5) is 40.6. The van der Waals surface area contributed by atoms with Crippen molar-refractivity contribution < 1.29 is 19.1 Å². The van der Waals surface area contributed by atoms with E-state index in [0.29, 0.717) is 45.1 Å². The summed E-state index contributed by atoms with van der Waals surface area (Å²) < 4.78 is 11.6. The first-order chi connectivity index (χ1) is 18.5. The molecule has 0 unspecified atom stereocenters. The standard InChI is InChI=1S/C28H34N6O4/c1-32-13-5-8-22(32)19-37-27-30-25-16-23(35)9-10-24(25)26(31-27)33-14-15-34(21(17-33)11-12-29)28(36)38-18-20-6-3-2-4-7-20/h2-4,6-7,21-22H,5,8-11,13-19H2,1H3/t21-,22-/m0/s1. The fraction of sp³-hybridized carbons (Fsp3) is 0.536. The van der Waals surface area contributed by atoms with Crippen LogP contribution in [0.25, 0.3) is 0 Å². The number of ketones is 1. The molecule has 2 aromatic rings. The predicted octanol–water partition coefficient (Wildman–Crippen LogP) is 2.75. The largest absolute Gasteiger partial charge is 0.462 e. The molecule has 2 saturated heterocycles. The number of fused-ring (bicyclic) bond motifs is 1. The molecule has 38 heavy (non-hydrogen) atoms. The number of carbonyl (C=O) groups excluding carboxylic acids is 2. The van der Waals surface area contributed by atoms with Gasteiger partial charge in [0.05, 0.1) is 24.2 Å². The van der Waals surface area contributed by atoms with Crippen LogP contribution in [0.5, 0.6) is 6.01 Å². The molecule has 10 heteroatoms. The van der Waals surface area contributed by atoms with Crippen molar-refractivity contribution in [3.05, 3.63) is 47.2 Å². The van der Waals surface area contributed by atoms with Crippen LogP contribution in [0.3, 0.4) is 0 Å². The molecule has 5 rings (SSSR count). The summed E-state index contributed by atoms with van der Waals surface area (Å²) in [6.07, 6.45) is 3.30. The number of likely N-dealkylation sites (tertiary alicyclic amines) is 1. The van der Waals surface area contributed by atoms with Crippen molar-refractivity contribution in [2.45, 2.75) is 57.2 Å². The van der Waals surface area contributed by atoms with Gasteiger partial charge in [0.25, 0.3) is 0 Å². The summed E-state index contributed by atoms with van der Waals surface area (Å²) in [5.74, 6) is 0.912. The zero-order valence-corrected chi connectivity index (χ0v) is 21.8. The topological polar surface area (TPSA) is 112 Å². The fourth-order valence-electron chi connectivity index (χ4n) is 5.49. The highest BCUT2D eigenvalue weighted by molar-refractivity contribution is 5.83. The zero-order chi connectivity index (χ0) is 26.5. The van der Waals surface area contributed by atoms with E-state index in [4.69, 9.17) is 14.5 Å². The maximum absolute atomic E-state index is 12.9. The Morgan fingerprint density at radius 3 is 2.74 bits per heavy atom. The number of benzene rings is 1. The summed E-state index contributed by atoms with van der Waals surface area (Å²) in [5, 5.41) is 9.51. The molecule has 200 valence electrons. The van der Waals surface area contributed by atoms with E-state index in [0.717, 1.165) is 42.0 Å². The number of piperazine rings is 1. The SMILES string of the molecule is CN1CCC[C@H]1COc1nc2c(c(N3CCN(C(=O)OCc4ccccc4)[C@@H](CC#N)C3)n1)CCC(=O)C2. The number of ether oxygens (including phenoxy) is 2. The minimum atomic E-state index is -0.422. The number of aromatic nitrogens is 2. The average Bonchev–Trinajstić information content (AvgIpc) is 3.35. The number of hydrogen-bond acceptors (Lipinski definition) is 9. The molecule has 1 aromatic carbocycles. The molecule has 3 aliphatic rings. The first-order valence-electron chi connectivity index (χ1n) is 13.4. The van der Waals surface area contributed by atoms with Gasteiger partial charge in [-0.3, -0.25) is 4.79 Å². The van der Waals surface area contributed by atoms with E-state index < -0.39 is 6.09 Å². The van der Waals surface area contributed by atoms with Gasteiger partial charge in [0, 0.05) is 44.1 Å². The minimum Gasteiger partial charge on any atom is -0.462 e. The lowest BCUT2D eigenvalue weighted by Crippen LogP contribution is -2.55. The molecule has 0 bridgehead atoms. The van der Waals surface area contributed by atoms with Crippen LogP contribution in [0, 0.1) is 11.3 Å². The molecular formula is C28H34N6O4. The van der Waals surface area contributed by atoms with E-state index in [2.05, 4.69) is 27.9 Å². The number of Topliss-reactive ketones (excluding diaryl/α,β-unsaturated/α-hetero) is 1. The molecule has 1 aromatic heterocycles. The number of carbonyl (C=O) groups is 2. The summed E-state index contributed by atoms with van der Waals surface area (Å²) in [6, 6.07) is 12.0. The van der Waals surface area contributed by atoms with Crippen molar-refractivity contribution in [3.63, 3.8) is 0 Å². The van der Waals surface area contributed by atoms with Crippen molar-refractivity contribution in [2.75, 3.05) is 44.7 Å². The van der Waals surface area contributed by atoms with Crippen LogP contribution in [0.1, 0.15) is 42.5 Å². The third-order valence-corrected chi connectivity index (χ3v) is 7.69. The molecule has 1 aliphatic carbocycles.